The quantitative estimate of drug-likeness (QED) is 0.521. The van der Waals surface area contributed by atoms with E-state index in [9.17, 15) is 4.79 Å². The summed E-state index contributed by atoms with van der Waals surface area (Å²) in [6, 6.07) is 10.8. The third-order valence-electron chi connectivity index (χ3n) is 4.52. The molecule has 3 aromatic heterocycles. The molecule has 3 N–H and O–H groups in total. The Bertz CT molecular complexity index is 1160. The van der Waals surface area contributed by atoms with Gasteiger partial charge in [0.2, 0.25) is 5.88 Å². The van der Waals surface area contributed by atoms with Crippen molar-refractivity contribution >= 4 is 16.9 Å². The van der Waals surface area contributed by atoms with E-state index in [1.807, 2.05) is 56.8 Å². The molecule has 1 amide bonds. The van der Waals surface area contributed by atoms with Gasteiger partial charge in [0.1, 0.15) is 12.1 Å². The minimum Gasteiger partial charge on any atom is -0.439 e. The molecule has 0 bridgehead atoms. The normalized spacial score (nSPS) is 11.3. The third kappa shape index (κ3) is 4.11. The number of nitrogens with one attached hydrogen (secondary N) is 1. The average Bonchev–Trinajstić information content (AvgIpc) is 3.33. The number of hydrogen-bond donors (Lipinski definition) is 2. The molecule has 1 aromatic carbocycles. The lowest BCUT2D eigenvalue weighted by Crippen LogP contribution is -2.23. The highest BCUT2D eigenvalue weighted by atomic mass is 16.5. The van der Waals surface area contributed by atoms with Crippen LogP contribution >= 0.6 is 0 Å². The molecule has 0 aliphatic rings. The van der Waals surface area contributed by atoms with Gasteiger partial charge in [0.25, 0.3) is 0 Å². The molecule has 8 heteroatoms. The number of benzene rings is 1. The van der Waals surface area contributed by atoms with E-state index in [1.54, 1.807) is 6.07 Å². The smallest absolute Gasteiger partial charge is 0.339 e. The van der Waals surface area contributed by atoms with Gasteiger partial charge in [-0.1, -0.05) is 13.8 Å². The van der Waals surface area contributed by atoms with E-state index in [-0.39, 0.29) is 5.92 Å². The van der Waals surface area contributed by atoms with Crippen LogP contribution in [0.1, 0.15) is 36.8 Å². The van der Waals surface area contributed by atoms with Crippen LogP contribution in [0.15, 0.2) is 48.9 Å². The Morgan fingerprint density at radius 3 is 2.86 bits per heavy atom. The number of carbonyl (C=O) groups excluding carboxylic acids is 1. The van der Waals surface area contributed by atoms with Crippen LogP contribution in [-0.2, 0) is 6.42 Å². The molecule has 0 aliphatic carbocycles. The first-order chi connectivity index (χ1) is 14.0. The number of fused-ring (bicyclic) bond motifs is 1. The lowest BCUT2D eigenvalue weighted by Gasteiger charge is -2.06. The first kappa shape index (κ1) is 18.7. The predicted octanol–water partition coefficient (Wildman–Crippen LogP) is 3.79. The first-order valence-corrected chi connectivity index (χ1v) is 9.28. The lowest BCUT2D eigenvalue weighted by molar-refractivity contribution is 0.246. The zero-order valence-corrected chi connectivity index (χ0v) is 16.2. The van der Waals surface area contributed by atoms with Gasteiger partial charge >= 0.3 is 6.03 Å². The van der Waals surface area contributed by atoms with Gasteiger partial charge in [-0.3, -0.25) is 0 Å². The highest BCUT2D eigenvalue weighted by Gasteiger charge is 2.15. The molecular weight excluding hydrogens is 368 g/mol. The summed E-state index contributed by atoms with van der Waals surface area (Å²) in [5, 5.41) is 5.33. The zero-order valence-electron chi connectivity index (χ0n) is 16.2. The van der Waals surface area contributed by atoms with Gasteiger partial charge < -0.3 is 15.5 Å². The molecule has 0 saturated carbocycles. The van der Waals surface area contributed by atoms with Crippen LogP contribution in [-0.4, -0.2) is 30.8 Å². The number of aromatic amines is 1. The molecule has 4 rings (SSSR count). The third-order valence-corrected chi connectivity index (χ3v) is 4.52. The molecular formula is C21H21N6O2. The van der Waals surface area contributed by atoms with Crippen molar-refractivity contribution < 1.29 is 9.53 Å². The summed E-state index contributed by atoms with van der Waals surface area (Å²) in [5.41, 5.74) is 8.67. The Hall–Kier alpha value is -3.68. The number of H-pyrrole nitrogens is 1. The number of nitrogens with zero attached hydrogens (tertiary/aromatic N) is 4. The van der Waals surface area contributed by atoms with E-state index in [0.29, 0.717) is 23.7 Å². The van der Waals surface area contributed by atoms with Crippen molar-refractivity contribution in [2.75, 3.05) is 0 Å². The topological polar surface area (TPSA) is 112 Å². The summed E-state index contributed by atoms with van der Waals surface area (Å²) in [6.45, 7) is 3.97. The Kier molecular flexibility index (Phi) is 4.99. The predicted molar refractivity (Wildman–Crippen MR) is 109 cm³/mol. The van der Waals surface area contributed by atoms with Gasteiger partial charge in [-0.2, -0.15) is 9.78 Å². The summed E-state index contributed by atoms with van der Waals surface area (Å²) >= 11 is 0. The van der Waals surface area contributed by atoms with E-state index < -0.39 is 6.03 Å². The van der Waals surface area contributed by atoms with Crippen molar-refractivity contribution in [1.29, 1.82) is 0 Å². The Morgan fingerprint density at radius 2 is 2.10 bits per heavy atom. The van der Waals surface area contributed by atoms with E-state index in [0.717, 1.165) is 22.3 Å². The van der Waals surface area contributed by atoms with Crippen molar-refractivity contribution in [3.05, 3.63) is 72.4 Å². The van der Waals surface area contributed by atoms with Crippen molar-refractivity contribution in [2.24, 2.45) is 5.73 Å². The fourth-order valence-corrected chi connectivity index (χ4v) is 3.07. The van der Waals surface area contributed by atoms with Gasteiger partial charge in [0.15, 0.2) is 0 Å². The molecule has 0 saturated heterocycles. The maximum atomic E-state index is 11.6. The Morgan fingerprint density at radius 1 is 1.24 bits per heavy atom. The molecule has 0 atom stereocenters. The number of carbonyl (C=O) groups is 1. The molecule has 3 heterocycles. The van der Waals surface area contributed by atoms with Gasteiger partial charge in [-0.25, -0.2) is 14.8 Å². The van der Waals surface area contributed by atoms with Gasteiger partial charge in [-0.15, -0.1) is 0 Å². The van der Waals surface area contributed by atoms with Gasteiger partial charge in [0, 0.05) is 35.3 Å². The largest absolute Gasteiger partial charge is 0.439 e. The van der Waals surface area contributed by atoms with Crippen molar-refractivity contribution in [2.45, 2.75) is 26.2 Å². The summed E-state index contributed by atoms with van der Waals surface area (Å²) < 4.78 is 7.11. The Labute approximate surface area is 167 Å². The van der Waals surface area contributed by atoms with Crippen LogP contribution in [0.2, 0.25) is 0 Å². The number of primary amides is 1. The number of hydrogen-bond acceptors (Lipinski definition) is 5. The first-order valence-electron chi connectivity index (χ1n) is 9.28. The van der Waals surface area contributed by atoms with Crippen LogP contribution in [0.5, 0.6) is 11.6 Å². The summed E-state index contributed by atoms with van der Waals surface area (Å²) in [5.74, 6) is 1.30. The molecule has 1 radical (unpaired) electrons. The van der Waals surface area contributed by atoms with Crippen LogP contribution in [0.3, 0.4) is 0 Å². The second-order valence-electron chi connectivity index (χ2n) is 6.98. The van der Waals surface area contributed by atoms with Crippen molar-refractivity contribution in [1.82, 2.24) is 24.7 Å². The molecule has 0 spiro atoms. The molecule has 4 aromatic rings. The molecule has 8 nitrogen and oxygen atoms in total. The fourth-order valence-electron chi connectivity index (χ4n) is 3.07. The van der Waals surface area contributed by atoms with Crippen molar-refractivity contribution in [3.63, 3.8) is 0 Å². The highest BCUT2D eigenvalue weighted by molar-refractivity contribution is 5.80. The zero-order chi connectivity index (χ0) is 20.4. The highest BCUT2D eigenvalue weighted by Crippen LogP contribution is 2.24. The van der Waals surface area contributed by atoms with Crippen LogP contribution < -0.4 is 10.5 Å². The minimum absolute atomic E-state index is 0.133. The number of nitrogens with two attached hydrogens (primary N) is 1. The number of ether oxygens (including phenoxy) is 1. The molecule has 29 heavy (non-hydrogen) atoms. The second-order valence-corrected chi connectivity index (χ2v) is 6.98. The number of aromatic nitrogens is 5. The van der Waals surface area contributed by atoms with Crippen LogP contribution in [0.4, 0.5) is 4.79 Å². The van der Waals surface area contributed by atoms with Gasteiger partial charge in [0.05, 0.1) is 11.4 Å². The monoisotopic (exact) mass is 389 g/mol. The van der Waals surface area contributed by atoms with E-state index in [2.05, 4.69) is 20.1 Å². The van der Waals surface area contributed by atoms with E-state index in [1.165, 1.54) is 11.0 Å². The van der Waals surface area contributed by atoms with Crippen LogP contribution in [0, 0.1) is 6.42 Å². The average molecular weight is 389 g/mol. The molecule has 0 aliphatic heterocycles. The SMILES string of the molecule is CC(C)c1cc([CH]Cc2cc(Oc3ccc4[nH]ccc4c3)ncn2)nn1C(N)=O. The van der Waals surface area contributed by atoms with E-state index in [4.69, 9.17) is 10.5 Å². The fraction of sp³-hybridized carbons (Fsp3) is 0.190. The van der Waals surface area contributed by atoms with Crippen molar-refractivity contribution in [3.8, 4) is 11.6 Å². The maximum Gasteiger partial charge on any atom is 0.339 e. The second kappa shape index (κ2) is 7.75. The summed E-state index contributed by atoms with van der Waals surface area (Å²) in [7, 11) is 0. The minimum atomic E-state index is -0.592. The summed E-state index contributed by atoms with van der Waals surface area (Å²) in [4.78, 5) is 23.2. The molecule has 147 valence electrons. The van der Waals surface area contributed by atoms with Gasteiger partial charge in [-0.05, 0) is 42.7 Å². The molecule has 0 unspecified atom stereocenters. The maximum absolute atomic E-state index is 11.6. The lowest BCUT2D eigenvalue weighted by atomic mass is 10.1. The standard InChI is InChI=1S/C21H21N6O2/c1-13(2)19-10-16(26-27(19)21(22)28)4-3-15-11-20(25-12-24-15)29-17-5-6-18-14(9-17)7-8-23-18/h4-13,23H,3H2,1-2H3,(H2,22,28). The number of rotatable bonds is 6. The number of amides is 1. The Balaban J connectivity index is 1.46. The van der Waals surface area contributed by atoms with Crippen LogP contribution in [0.25, 0.3) is 10.9 Å². The summed E-state index contributed by atoms with van der Waals surface area (Å²) in [6.07, 6.45) is 5.76. The molecule has 0 fully saturated rings. The van der Waals surface area contributed by atoms with E-state index >= 15 is 0 Å².